The minimum absolute atomic E-state index is 0.0485. The van der Waals surface area contributed by atoms with Crippen LogP contribution in [0.25, 0.3) is 0 Å². The van der Waals surface area contributed by atoms with Crippen molar-refractivity contribution in [1.82, 2.24) is 0 Å². The van der Waals surface area contributed by atoms with Gasteiger partial charge in [0.15, 0.2) is 11.5 Å². The third-order valence-corrected chi connectivity index (χ3v) is 5.78. The van der Waals surface area contributed by atoms with Crippen LogP contribution < -0.4 is 30.6 Å². The first kappa shape index (κ1) is 31.6. The van der Waals surface area contributed by atoms with E-state index in [0.717, 1.165) is 11.1 Å². The van der Waals surface area contributed by atoms with Crippen molar-refractivity contribution < 1.29 is 33.3 Å². The fraction of sp³-hybridized carbons (Fsp3) is 0.300. The molecule has 0 aliphatic heterocycles. The summed E-state index contributed by atoms with van der Waals surface area (Å²) in [4.78, 5) is 38.3. The van der Waals surface area contributed by atoms with E-state index >= 15 is 0 Å². The van der Waals surface area contributed by atoms with Gasteiger partial charge in [0.05, 0.1) is 44.4 Å². The number of aryl methyl sites for hydroxylation is 1. The van der Waals surface area contributed by atoms with Crippen molar-refractivity contribution in [2.75, 3.05) is 39.4 Å². The van der Waals surface area contributed by atoms with Crippen molar-refractivity contribution in [2.24, 2.45) is 11.5 Å². The third-order valence-electron chi connectivity index (χ3n) is 5.78. The molecule has 3 aromatic rings. The number of esters is 1. The second kappa shape index (κ2) is 15.7. The summed E-state index contributed by atoms with van der Waals surface area (Å²) in [7, 11) is 4.47. The molecule has 2 amide bonds. The van der Waals surface area contributed by atoms with Gasteiger partial charge in [-0.3, -0.25) is 9.69 Å². The number of methoxy groups -OCH3 is 2. The van der Waals surface area contributed by atoms with E-state index < -0.39 is 12.0 Å². The fourth-order valence-corrected chi connectivity index (χ4v) is 3.92. The number of hydrogen-bond donors (Lipinski definition) is 2. The number of primary amides is 1. The number of urea groups is 1. The van der Waals surface area contributed by atoms with Crippen LogP contribution in [0.1, 0.15) is 34.8 Å². The van der Waals surface area contributed by atoms with Crippen LogP contribution >= 0.6 is 0 Å². The van der Waals surface area contributed by atoms with Gasteiger partial charge in [0, 0.05) is 12.8 Å². The number of rotatable bonds is 12. The molecule has 0 aliphatic rings. The Labute approximate surface area is 234 Å². The van der Waals surface area contributed by atoms with Gasteiger partial charge in [0.25, 0.3) is 0 Å². The minimum atomic E-state index is -0.649. The average Bonchev–Trinajstić information content (AvgIpc) is 2.96. The quantitative estimate of drug-likeness (QED) is 0.312. The molecule has 0 fully saturated rings. The van der Waals surface area contributed by atoms with E-state index in [0.29, 0.717) is 34.2 Å². The lowest BCUT2D eigenvalue weighted by molar-refractivity contribution is -0.118. The number of ketones is 1. The average molecular weight is 552 g/mol. The molecule has 10 heteroatoms. The Hall–Kier alpha value is -4.57. The van der Waals surface area contributed by atoms with Gasteiger partial charge in [-0.15, -0.1) is 0 Å². The second-order valence-electron chi connectivity index (χ2n) is 8.37. The van der Waals surface area contributed by atoms with Crippen molar-refractivity contribution in [3.63, 3.8) is 0 Å². The summed E-state index contributed by atoms with van der Waals surface area (Å²) in [5.74, 6) is 0.706. The molecule has 3 aromatic carbocycles. The van der Waals surface area contributed by atoms with E-state index in [1.54, 1.807) is 43.3 Å². The Morgan fingerprint density at radius 3 is 2.17 bits per heavy atom. The molecule has 0 bridgehead atoms. The molecule has 40 heavy (non-hydrogen) atoms. The third kappa shape index (κ3) is 8.21. The van der Waals surface area contributed by atoms with E-state index in [2.05, 4.69) is 5.73 Å². The molecule has 0 aromatic heterocycles. The summed E-state index contributed by atoms with van der Waals surface area (Å²) in [5, 5.41) is 0. The van der Waals surface area contributed by atoms with Crippen molar-refractivity contribution in [1.29, 1.82) is 0 Å². The number of benzene rings is 3. The number of para-hydroxylation sites is 1. The maximum Gasteiger partial charge on any atom is 0.338 e. The summed E-state index contributed by atoms with van der Waals surface area (Å²) in [6.07, 6.45) is 0.309. The van der Waals surface area contributed by atoms with Crippen molar-refractivity contribution in [3.8, 4) is 17.2 Å². The Kier molecular flexibility index (Phi) is 12.5. The molecule has 0 spiro atoms. The normalized spacial score (nSPS) is 10.1. The Morgan fingerprint density at radius 1 is 0.850 bits per heavy atom. The second-order valence-corrected chi connectivity index (χ2v) is 8.37. The number of anilines is 2. The summed E-state index contributed by atoms with van der Waals surface area (Å²) in [5.41, 5.74) is 13.3. The van der Waals surface area contributed by atoms with E-state index in [9.17, 15) is 14.4 Å². The van der Waals surface area contributed by atoms with Gasteiger partial charge in [0.1, 0.15) is 11.5 Å². The molecule has 0 aliphatic carbocycles. The van der Waals surface area contributed by atoms with E-state index in [-0.39, 0.29) is 31.8 Å². The lowest BCUT2D eigenvalue weighted by Crippen LogP contribution is -2.32. The van der Waals surface area contributed by atoms with E-state index in [1.165, 1.54) is 32.2 Å². The number of ether oxygens (including phenoxy) is 4. The maximum atomic E-state index is 12.7. The van der Waals surface area contributed by atoms with Gasteiger partial charge >= 0.3 is 12.0 Å². The Balaban J connectivity index is 0.00000274. The maximum absolute atomic E-state index is 12.7. The molecule has 0 atom stereocenters. The molecule has 0 heterocycles. The van der Waals surface area contributed by atoms with Gasteiger partial charge in [-0.1, -0.05) is 24.3 Å². The van der Waals surface area contributed by atoms with Crippen LogP contribution in [-0.4, -0.2) is 52.3 Å². The van der Waals surface area contributed by atoms with E-state index in [1.807, 2.05) is 25.1 Å². The molecule has 214 valence electrons. The number of carbonyl (C=O) groups excluding carboxylic acids is 3. The number of nitrogens with zero attached hydrogens (tertiary/aromatic N) is 1. The number of nitrogens with two attached hydrogens (primary N) is 2. The molecule has 0 radical (unpaired) electrons. The molecule has 0 unspecified atom stereocenters. The topological polar surface area (TPSA) is 143 Å². The number of hydrogen-bond acceptors (Lipinski definition) is 8. The summed E-state index contributed by atoms with van der Waals surface area (Å²) in [6.45, 7) is 4.02. The molecule has 10 nitrogen and oxygen atoms in total. The van der Waals surface area contributed by atoms with Crippen LogP contribution in [0.4, 0.5) is 16.2 Å². The SMILES string of the molecule is CCOC(=O)c1ccc(OCCC(=O)Cc2ccc(N(C(N)=O)c3ccccc3C)c(OC)c2)c(OC)c1.CN. The first-order valence-corrected chi connectivity index (χ1v) is 12.7. The van der Waals surface area contributed by atoms with Gasteiger partial charge in [-0.05, 0) is 68.4 Å². The van der Waals surface area contributed by atoms with E-state index in [4.69, 9.17) is 24.7 Å². The van der Waals surface area contributed by atoms with Crippen LogP contribution in [0.15, 0.2) is 60.7 Å². The lowest BCUT2D eigenvalue weighted by Gasteiger charge is -2.24. The number of carbonyl (C=O) groups is 3. The standard InChI is InChI=1S/C29H32N2O7.CH5N/c1-5-37-28(33)21-11-13-25(27(18-21)36-4)38-15-14-22(32)16-20-10-12-24(26(17-20)35-3)31(29(30)34)23-9-7-6-8-19(23)2;1-2/h6-13,17-18H,5,14-16H2,1-4H3,(H2,30,34);2H2,1H3. The smallest absolute Gasteiger partial charge is 0.338 e. The zero-order valence-electron chi connectivity index (χ0n) is 23.6. The Morgan fingerprint density at radius 2 is 1.55 bits per heavy atom. The van der Waals surface area contributed by atoms with Crippen LogP contribution in [0, 0.1) is 6.92 Å². The fourth-order valence-electron chi connectivity index (χ4n) is 3.92. The minimum Gasteiger partial charge on any atom is -0.495 e. The first-order chi connectivity index (χ1) is 19.3. The highest BCUT2D eigenvalue weighted by Crippen LogP contribution is 2.36. The zero-order valence-corrected chi connectivity index (χ0v) is 23.6. The van der Waals surface area contributed by atoms with Crippen LogP contribution in [-0.2, 0) is 16.0 Å². The molecule has 0 saturated heterocycles. The van der Waals surface area contributed by atoms with Crippen molar-refractivity contribution in [3.05, 3.63) is 77.4 Å². The molecule has 3 rings (SSSR count). The Bertz CT molecular complexity index is 1310. The highest BCUT2D eigenvalue weighted by Gasteiger charge is 2.21. The van der Waals surface area contributed by atoms with Crippen LogP contribution in [0.5, 0.6) is 17.2 Å². The largest absolute Gasteiger partial charge is 0.495 e. The van der Waals surface area contributed by atoms with Crippen molar-refractivity contribution >= 4 is 29.2 Å². The first-order valence-electron chi connectivity index (χ1n) is 12.7. The van der Waals surface area contributed by atoms with Crippen LogP contribution in [0.3, 0.4) is 0 Å². The summed E-state index contributed by atoms with van der Waals surface area (Å²) < 4.78 is 21.6. The van der Waals surface area contributed by atoms with Gasteiger partial charge < -0.3 is 30.4 Å². The highest BCUT2D eigenvalue weighted by molar-refractivity contribution is 6.00. The number of Topliss-reactive ketones (excluding diaryl/α,β-unsaturated/α-hetero) is 1. The molecule has 0 saturated carbocycles. The zero-order chi connectivity index (χ0) is 29.7. The predicted molar refractivity (Wildman–Crippen MR) is 154 cm³/mol. The summed E-state index contributed by atoms with van der Waals surface area (Å²) >= 11 is 0. The molecular weight excluding hydrogens is 514 g/mol. The van der Waals surface area contributed by atoms with Gasteiger partial charge in [0.2, 0.25) is 0 Å². The lowest BCUT2D eigenvalue weighted by atomic mass is 10.1. The molecule has 4 N–H and O–H groups in total. The summed E-state index contributed by atoms with van der Waals surface area (Å²) in [6, 6.07) is 16.7. The monoisotopic (exact) mass is 551 g/mol. The highest BCUT2D eigenvalue weighted by atomic mass is 16.5. The predicted octanol–water partition coefficient (Wildman–Crippen LogP) is 4.56. The van der Waals surface area contributed by atoms with Gasteiger partial charge in [-0.2, -0.15) is 0 Å². The number of amides is 2. The van der Waals surface area contributed by atoms with Gasteiger partial charge in [-0.25, -0.2) is 9.59 Å². The van der Waals surface area contributed by atoms with Crippen molar-refractivity contribution in [2.45, 2.75) is 26.7 Å². The van der Waals surface area contributed by atoms with Crippen LogP contribution in [0.2, 0.25) is 0 Å². The molecular formula is C30H37N3O7.